The lowest BCUT2D eigenvalue weighted by molar-refractivity contribution is -0.142. The van der Waals surface area contributed by atoms with Gasteiger partial charge in [-0.1, -0.05) is 5.21 Å². The van der Waals surface area contributed by atoms with Crippen LogP contribution in [0.5, 0.6) is 0 Å². The molecular formula is C15H19N5O3. The second-order valence-corrected chi connectivity index (χ2v) is 5.57. The second-order valence-electron chi connectivity index (χ2n) is 5.57. The zero-order valence-electron chi connectivity index (χ0n) is 12.8. The maximum Gasteiger partial charge on any atom is 0.251 e. The van der Waals surface area contributed by atoms with Crippen LogP contribution >= 0.6 is 0 Å². The Morgan fingerprint density at radius 3 is 2.87 bits per heavy atom. The van der Waals surface area contributed by atoms with E-state index in [0.29, 0.717) is 13.2 Å². The van der Waals surface area contributed by atoms with Gasteiger partial charge in [-0.15, -0.1) is 5.10 Å². The maximum absolute atomic E-state index is 12.5. The monoisotopic (exact) mass is 317 g/mol. The quantitative estimate of drug-likeness (QED) is 0.836. The summed E-state index contributed by atoms with van der Waals surface area (Å²) >= 11 is 0. The topological polar surface area (TPSA) is 93.4 Å². The highest BCUT2D eigenvalue weighted by Gasteiger charge is 2.37. The predicted molar refractivity (Wildman–Crippen MR) is 80.1 cm³/mol. The lowest BCUT2D eigenvalue weighted by Gasteiger charge is -2.21. The van der Waals surface area contributed by atoms with Gasteiger partial charge in [0.1, 0.15) is 6.10 Å². The minimum Gasteiger partial charge on any atom is -0.389 e. The Labute approximate surface area is 133 Å². The summed E-state index contributed by atoms with van der Waals surface area (Å²) < 4.78 is 7.21. The van der Waals surface area contributed by atoms with Crippen molar-refractivity contribution in [2.75, 3.05) is 13.1 Å². The van der Waals surface area contributed by atoms with Crippen molar-refractivity contribution in [1.82, 2.24) is 24.9 Å². The number of aliphatic hydroxyl groups excluding tert-OH is 1. The van der Waals surface area contributed by atoms with Crippen molar-refractivity contribution in [3.05, 3.63) is 42.5 Å². The number of hydrogen-bond acceptors (Lipinski definition) is 6. The molecule has 1 unspecified atom stereocenters. The van der Waals surface area contributed by atoms with Crippen LogP contribution in [0.2, 0.25) is 0 Å². The van der Waals surface area contributed by atoms with Gasteiger partial charge < -0.3 is 14.7 Å². The molecule has 0 saturated carbocycles. The molecule has 0 bridgehead atoms. The minimum absolute atomic E-state index is 0.138. The fourth-order valence-electron chi connectivity index (χ4n) is 2.63. The number of aliphatic hydroxyl groups is 1. The van der Waals surface area contributed by atoms with Crippen molar-refractivity contribution in [1.29, 1.82) is 0 Å². The van der Waals surface area contributed by atoms with Crippen molar-refractivity contribution >= 4 is 5.91 Å². The average Bonchev–Trinajstić information content (AvgIpc) is 3.22. The summed E-state index contributed by atoms with van der Waals surface area (Å²) in [6.45, 7) is 2.73. The summed E-state index contributed by atoms with van der Waals surface area (Å²) in [6.07, 6.45) is 5.37. The number of rotatable bonds is 5. The average molecular weight is 317 g/mol. The van der Waals surface area contributed by atoms with Crippen LogP contribution in [0.1, 0.15) is 18.5 Å². The number of likely N-dealkylation sites (tertiary alicyclic amines) is 1. The van der Waals surface area contributed by atoms with Crippen LogP contribution in [0.25, 0.3) is 0 Å². The SMILES string of the molecule is CC(OCc1ccncc1)C(=O)N1C[C@@H](O)[C@H](n2ccnn2)C1. The first kappa shape index (κ1) is 15.6. The predicted octanol–water partition coefficient (Wildman–Crippen LogP) is 0.0226. The van der Waals surface area contributed by atoms with E-state index in [1.807, 2.05) is 12.1 Å². The summed E-state index contributed by atoms with van der Waals surface area (Å²) in [4.78, 5) is 18.0. The van der Waals surface area contributed by atoms with Crippen molar-refractivity contribution in [2.45, 2.75) is 31.8 Å². The lowest BCUT2D eigenvalue weighted by atomic mass is 10.2. The van der Waals surface area contributed by atoms with Crippen molar-refractivity contribution in [3.63, 3.8) is 0 Å². The van der Waals surface area contributed by atoms with Crippen LogP contribution in [0.4, 0.5) is 0 Å². The van der Waals surface area contributed by atoms with Crippen molar-refractivity contribution < 1.29 is 14.6 Å². The van der Waals surface area contributed by atoms with E-state index < -0.39 is 12.2 Å². The third-order valence-corrected chi connectivity index (χ3v) is 3.95. The van der Waals surface area contributed by atoms with E-state index in [9.17, 15) is 9.90 Å². The molecule has 1 N–H and O–H groups in total. The first-order chi connectivity index (χ1) is 11.1. The van der Waals surface area contributed by atoms with Gasteiger partial charge in [0, 0.05) is 31.7 Å². The Morgan fingerprint density at radius 2 is 2.17 bits per heavy atom. The largest absolute Gasteiger partial charge is 0.389 e. The highest BCUT2D eigenvalue weighted by atomic mass is 16.5. The highest BCUT2D eigenvalue weighted by Crippen LogP contribution is 2.22. The Hall–Kier alpha value is -2.32. The summed E-state index contributed by atoms with van der Waals surface area (Å²) in [7, 11) is 0. The van der Waals surface area contributed by atoms with Crippen LogP contribution in [0.15, 0.2) is 36.9 Å². The molecule has 3 atom stereocenters. The molecular weight excluding hydrogens is 298 g/mol. The van der Waals surface area contributed by atoms with Gasteiger partial charge >= 0.3 is 0 Å². The van der Waals surface area contributed by atoms with Gasteiger partial charge in [-0.2, -0.15) is 0 Å². The van der Waals surface area contributed by atoms with Gasteiger partial charge in [0.25, 0.3) is 5.91 Å². The van der Waals surface area contributed by atoms with Crippen LogP contribution in [-0.2, 0) is 16.1 Å². The zero-order chi connectivity index (χ0) is 16.2. The molecule has 3 heterocycles. The molecule has 8 heteroatoms. The van der Waals surface area contributed by atoms with Crippen LogP contribution in [0, 0.1) is 0 Å². The molecule has 1 aliphatic rings. The Kier molecular flexibility index (Phi) is 4.63. The number of pyridine rings is 1. The molecule has 23 heavy (non-hydrogen) atoms. The number of carbonyl (C=O) groups is 1. The molecule has 8 nitrogen and oxygen atoms in total. The minimum atomic E-state index is -0.659. The second kappa shape index (κ2) is 6.84. The maximum atomic E-state index is 12.5. The number of amides is 1. The van der Waals surface area contributed by atoms with Crippen LogP contribution in [0.3, 0.4) is 0 Å². The third-order valence-electron chi connectivity index (χ3n) is 3.95. The van der Waals surface area contributed by atoms with E-state index in [1.165, 1.54) is 0 Å². The van der Waals surface area contributed by atoms with E-state index in [2.05, 4.69) is 15.3 Å². The van der Waals surface area contributed by atoms with Crippen LogP contribution < -0.4 is 0 Å². The Morgan fingerprint density at radius 1 is 1.39 bits per heavy atom. The van der Waals surface area contributed by atoms with Crippen molar-refractivity contribution in [3.8, 4) is 0 Å². The number of hydrogen-bond donors (Lipinski definition) is 1. The summed E-state index contributed by atoms with van der Waals surface area (Å²) in [5.41, 5.74) is 0.960. The fourth-order valence-corrected chi connectivity index (χ4v) is 2.63. The summed E-state index contributed by atoms with van der Waals surface area (Å²) in [5, 5.41) is 17.8. The molecule has 1 aliphatic heterocycles. The van der Waals surface area contributed by atoms with Gasteiger partial charge in [0.05, 0.1) is 24.9 Å². The molecule has 2 aromatic heterocycles. The van der Waals surface area contributed by atoms with Gasteiger partial charge in [-0.3, -0.25) is 9.78 Å². The normalized spacial score (nSPS) is 22.3. The third kappa shape index (κ3) is 3.54. The van der Waals surface area contributed by atoms with Gasteiger partial charge in [0.2, 0.25) is 0 Å². The van der Waals surface area contributed by atoms with E-state index in [4.69, 9.17) is 4.74 Å². The van der Waals surface area contributed by atoms with E-state index in [1.54, 1.807) is 41.3 Å². The Bertz CT molecular complexity index is 634. The smallest absolute Gasteiger partial charge is 0.251 e. The number of nitrogens with zero attached hydrogens (tertiary/aromatic N) is 5. The standard InChI is InChI=1S/C15H19N5O3/c1-11(23-10-12-2-4-16-5-3-12)15(22)19-8-13(14(21)9-19)20-7-6-17-18-20/h2-7,11,13-14,21H,8-10H2,1H3/t11?,13-,14-/m1/s1. The lowest BCUT2D eigenvalue weighted by Crippen LogP contribution is -2.38. The molecule has 122 valence electrons. The molecule has 0 spiro atoms. The molecule has 0 aromatic carbocycles. The zero-order valence-corrected chi connectivity index (χ0v) is 12.8. The molecule has 0 aliphatic carbocycles. The first-order valence-electron chi connectivity index (χ1n) is 7.48. The molecule has 1 saturated heterocycles. The number of β-amino-alcohol motifs (C(OH)–C–C–N with tert-alkyl or cyclic N) is 1. The van der Waals surface area contributed by atoms with E-state index in [-0.39, 0.29) is 18.5 Å². The molecule has 3 rings (SSSR count). The van der Waals surface area contributed by atoms with E-state index >= 15 is 0 Å². The Balaban J connectivity index is 1.55. The van der Waals surface area contributed by atoms with Crippen molar-refractivity contribution in [2.24, 2.45) is 0 Å². The summed E-state index contributed by atoms with van der Waals surface area (Å²) in [6, 6.07) is 3.42. The molecule has 0 radical (unpaired) electrons. The number of ether oxygens (including phenoxy) is 1. The number of aromatic nitrogens is 4. The molecule has 1 fully saturated rings. The van der Waals surface area contributed by atoms with Crippen LogP contribution in [-0.4, -0.2) is 61.2 Å². The van der Waals surface area contributed by atoms with Gasteiger partial charge in [-0.25, -0.2) is 4.68 Å². The number of carbonyl (C=O) groups excluding carboxylic acids is 1. The van der Waals surface area contributed by atoms with Gasteiger partial charge in [-0.05, 0) is 24.6 Å². The molecule has 1 amide bonds. The highest BCUT2D eigenvalue weighted by molar-refractivity contribution is 5.81. The van der Waals surface area contributed by atoms with Gasteiger partial charge in [0.15, 0.2) is 0 Å². The summed E-state index contributed by atoms with van der Waals surface area (Å²) in [5.74, 6) is -0.138. The first-order valence-corrected chi connectivity index (χ1v) is 7.48. The molecule has 2 aromatic rings. The fraction of sp³-hybridized carbons (Fsp3) is 0.467. The van der Waals surface area contributed by atoms with E-state index in [0.717, 1.165) is 5.56 Å².